The van der Waals surface area contributed by atoms with Gasteiger partial charge in [0.1, 0.15) is 5.75 Å². The van der Waals surface area contributed by atoms with Gasteiger partial charge < -0.3 is 14.6 Å². The zero-order valence-electron chi connectivity index (χ0n) is 13.1. The molecule has 0 aliphatic rings. The molecule has 0 saturated heterocycles. The van der Waals surface area contributed by atoms with Crippen LogP contribution in [0.15, 0.2) is 54.6 Å². The van der Waals surface area contributed by atoms with Gasteiger partial charge in [0, 0.05) is 6.42 Å². The maximum absolute atomic E-state index is 11.8. The highest BCUT2D eigenvalue weighted by atomic mass is 16.5. The summed E-state index contributed by atoms with van der Waals surface area (Å²) in [5.74, 6) is 1.31. The van der Waals surface area contributed by atoms with Gasteiger partial charge >= 0.3 is 0 Å². The first-order chi connectivity index (χ1) is 11.2. The van der Waals surface area contributed by atoms with Crippen molar-refractivity contribution in [2.45, 2.75) is 12.8 Å². The van der Waals surface area contributed by atoms with Crippen molar-refractivity contribution in [1.82, 2.24) is 0 Å². The number of ketones is 1. The first-order valence-electron chi connectivity index (χ1n) is 7.45. The Morgan fingerprint density at radius 2 is 1.96 bits per heavy atom. The third-order valence-corrected chi connectivity index (χ3v) is 3.24. The van der Waals surface area contributed by atoms with E-state index < -0.39 is 0 Å². The zero-order valence-corrected chi connectivity index (χ0v) is 13.1. The molecule has 0 atom stereocenters. The van der Waals surface area contributed by atoms with Gasteiger partial charge in [-0.25, -0.2) is 0 Å². The molecule has 0 radical (unpaired) electrons. The van der Waals surface area contributed by atoms with E-state index in [-0.39, 0.29) is 11.5 Å². The molecule has 0 spiro atoms. The highest BCUT2D eigenvalue weighted by Crippen LogP contribution is 2.26. The minimum absolute atomic E-state index is 0.0358. The molecule has 2 aromatic rings. The Morgan fingerprint density at radius 3 is 2.70 bits per heavy atom. The normalized spacial score (nSPS) is 10.7. The van der Waals surface area contributed by atoms with Crippen LogP contribution in [0, 0.1) is 0 Å². The number of carbonyl (C=O) groups is 1. The maximum atomic E-state index is 11.8. The molecule has 2 rings (SSSR count). The van der Waals surface area contributed by atoms with Crippen LogP contribution in [0.3, 0.4) is 0 Å². The monoisotopic (exact) mass is 312 g/mol. The second-order valence-corrected chi connectivity index (χ2v) is 5.00. The molecule has 4 nitrogen and oxygen atoms in total. The lowest BCUT2D eigenvalue weighted by molar-refractivity contribution is -0.114. The van der Waals surface area contributed by atoms with Gasteiger partial charge in [-0.1, -0.05) is 30.3 Å². The number of phenolic OH excluding ortho intramolecular Hbond substituents is 1. The summed E-state index contributed by atoms with van der Waals surface area (Å²) >= 11 is 0. The Balaban J connectivity index is 1.76. The number of phenols is 1. The standard InChI is InChI=1S/C19H20O4/c1-22-19-14-15(10-12-18(19)21)9-11-16(20)6-5-13-23-17-7-3-2-4-8-17/h2-4,7-12,14,21H,5-6,13H2,1H3/b11-9+. The molecule has 0 aliphatic heterocycles. The van der Waals surface area contributed by atoms with Gasteiger partial charge in [-0.05, 0) is 42.3 Å². The van der Waals surface area contributed by atoms with Crippen LogP contribution in [0.5, 0.6) is 17.2 Å². The molecular formula is C19H20O4. The highest BCUT2D eigenvalue weighted by Gasteiger charge is 2.02. The van der Waals surface area contributed by atoms with E-state index in [4.69, 9.17) is 9.47 Å². The highest BCUT2D eigenvalue weighted by molar-refractivity contribution is 5.93. The van der Waals surface area contributed by atoms with Crippen molar-refractivity contribution in [3.05, 3.63) is 60.2 Å². The van der Waals surface area contributed by atoms with Crippen LogP contribution in [-0.2, 0) is 4.79 Å². The number of ether oxygens (including phenoxy) is 2. The molecule has 0 amide bonds. The molecule has 0 heterocycles. The molecule has 0 unspecified atom stereocenters. The van der Waals surface area contributed by atoms with Crippen molar-refractivity contribution in [3.63, 3.8) is 0 Å². The van der Waals surface area contributed by atoms with Crippen LogP contribution in [0.4, 0.5) is 0 Å². The summed E-state index contributed by atoms with van der Waals surface area (Å²) in [6.07, 6.45) is 4.34. The smallest absolute Gasteiger partial charge is 0.161 e. The van der Waals surface area contributed by atoms with Crippen molar-refractivity contribution in [1.29, 1.82) is 0 Å². The largest absolute Gasteiger partial charge is 0.504 e. The Hall–Kier alpha value is -2.75. The van der Waals surface area contributed by atoms with Gasteiger partial charge in [0.05, 0.1) is 13.7 Å². The molecular weight excluding hydrogens is 292 g/mol. The van der Waals surface area contributed by atoms with E-state index in [2.05, 4.69) is 0 Å². The van der Waals surface area contributed by atoms with Crippen LogP contribution < -0.4 is 9.47 Å². The lowest BCUT2D eigenvalue weighted by atomic mass is 10.1. The van der Waals surface area contributed by atoms with Gasteiger partial charge in [-0.3, -0.25) is 4.79 Å². The van der Waals surface area contributed by atoms with Gasteiger partial charge in [0.2, 0.25) is 0 Å². The number of allylic oxidation sites excluding steroid dienone is 1. The summed E-state index contributed by atoms with van der Waals surface area (Å²) in [6, 6.07) is 14.5. The average Bonchev–Trinajstić information content (AvgIpc) is 2.59. The minimum Gasteiger partial charge on any atom is -0.504 e. The molecule has 23 heavy (non-hydrogen) atoms. The second-order valence-electron chi connectivity index (χ2n) is 5.00. The van der Waals surface area contributed by atoms with E-state index in [0.717, 1.165) is 11.3 Å². The SMILES string of the molecule is COc1cc(/C=C/C(=O)CCCOc2ccccc2)ccc1O. The van der Waals surface area contributed by atoms with E-state index >= 15 is 0 Å². The van der Waals surface area contributed by atoms with Crippen molar-refractivity contribution < 1.29 is 19.4 Å². The predicted molar refractivity (Wildman–Crippen MR) is 89.9 cm³/mol. The fourth-order valence-electron chi connectivity index (χ4n) is 2.02. The lowest BCUT2D eigenvalue weighted by Gasteiger charge is -2.04. The Kier molecular flexibility index (Phi) is 6.24. The quantitative estimate of drug-likeness (QED) is 0.594. The van der Waals surface area contributed by atoms with E-state index in [9.17, 15) is 9.90 Å². The molecule has 0 saturated carbocycles. The molecule has 0 aromatic heterocycles. The van der Waals surface area contributed by atoms with E-state index in [1.807, 2.05) is 30.3 Å². The molecule has 2 aromatic carbocycles. The lowest BCUT2D eigenvalue weighted by Crippen LogP contribution is -2.01. The number of methoxy groups -OCH3 is 1. The van der Waals surface area contributed by atoms with Gasteiger partial charge in [0.25, 0.3) is 0 Å². The van der Waals surface area contributed by atoms with E-state index in [0.29, 0.717) is 25.2 Å². The summed E-state index contributed by atoms with van der Waals surface area (Å²) in [7, 11) is 1.49. The summed E-state index contributed by atoms with van der Waals surface area (Å²) in [6.45, 7) is 0.511. The Bertz CT molecular complexity index is 662. The molecule has 120 valence electrons. The van der Waals surface area contributed by atoms with Gasteiger partial charge in [-0.15, -0.1) is 0 Å². The second kappa shape index (κ2) is 8.63. The van der Waals surface area contributed by atoms with Crippen molar-refractivity contribution in [3.8, 4) is 17.2 Å². The summed E-state index contributed by atoms with van der Waals surface area (Å²) in [5, 5.41) is 9.52. The molecule has 0 bridgehead atoms. The third kappa shape index (κ3) is 5.51. The van der Waals surface area contributed by atoms with Gasteiger partial charge in [0.15, 0.2) is 17.3 Å². The summed E-state index contributed by atoms with van der Waals surface area (Å²) < 4.78 is 10.6. The first-order valence-corrected chi connectivity index (χ1v) is 7.45. The Morgan fingerprint density at radius 1 is 1.17 bits per heavy atom. The fraction of sp³-hybridized carbons (Fsp3) is 0.211. The minimum atomic E-state index is 0.0358. The predicted octanol–water partition coefficient (Wildman–Crippen LogP) is 3.84. The van der Waals surface area contributed by atoms with Crippen LogP contribution >= 0.6 is 0 Å². The summed E-state index contributed by atoms with van der Waals surface area (Å²) in [4.78, 5) is 11.8. The first kappa shape index (κ1) is 16.6. The van der Waals surface area contributed by atoms with Crippen molar-refractivity contribution in [2.24, 2.45) is 0 Å². The fourth-order valence-corrected chi connectivity index (χ4v) is 2.02. The Labute approximate surface area is 136 Å². The summed E-state index contributed by atoms with van der Waals surface area (Å²) in [5.41, 5.74) is 0.800. The average molecular weight is 312 g/mol. The topological polar surface area (TPSA) is 55.8 Å². The van der Waals surface area contributed by atoms with Crippen LogP contribution in [0.1, 0.15) is 18.4 Å². The van der Waals surface area contributed by atoms with Gasteiger partial charge in [-0.2, -0.15) is 0 Å². The number of rotatable bonds is 8. The number of aromatic hydroxyl groups is 1. The molecule has 0 fully saturated rings. The third-order valence-electron chi connectivity index (χ3n) is 3.24. The van der Waals surface area contributed by atoms with E-state index in [1.165, 1.54) is 19.3 Å². The van der Waals surface area contributed by atoms with Crippen LogP contribution in [-0.4, -0.2) is 24.6 Å². The van der Waals surface area contributed by atoms with Crippen molar-refractivity contribution >= 4 is 11.9 Å². The number of hydrogen-bond donors (Lipinski definition) is 1. The molecule has 0 aliphatic carbocycles. The molecule has 1 N–H and O–H groups in total. The molecule has 4 heteroatoms. The number of carbonyl (C=O) groups excluding carboxylic acids is 1. The number of hydrogen-bond acceptors (Lipinski definition) is 4. The van der Waals surface area contributed by atoms with Crippen LogP contribution in [0.25, 0.3) is 6.08 Å². The number of para-hydroxylation sites is 1. The van der Waals surface area contributed by atoms with Crippen molar-refractivity contribution in [2.75, 3.05) is 13.7 Å². The van der Waals surface area contributed by atoms with Crippen LogP contribution in [0.2, 0.25) is 0 Å². The number of benzene rings is 2. The zero-order chi connectivity index (χ0) is 16.5. The van der Waals surface area contributed by atoms with E-state index in [1.54, 1.807) is 18.2 Å². The maximum Gasteiger partial charge on any atom is 0.161 e.